The van der Waals surface area contributed by atoms with Gasteiger partial charge in [-0.05, 0) is 42.6 Å². The summed E-state index contributed by atoms with van der Waals surface area (Å²) in [6.07, 6.45) is 1.02. The van der Waals surface area contributed by atoms with Crippen LogP contribution >= 0.6 is 34.5 Å². The number of fused-ring (bicyclic) bond motifs is 1. The fourth-order valence-electron chi connectivity index (χ4n) is 2.42. The number of aromatic nitrogens is 2. The first kappa shape index (κ1) is 15.5. The lowest BCUT2D eigenvalue weighted by Gasteiger charge is -2.09. The summed E-state index contributed by atoms with van der Waals surface area (Å²) in [6, 6.07) is 7.84. The van der Waals surface area contributed by atoms with Gasteiger partial charge in [0.05, 0.1) is 5.39 Å². The van der Waals surface area contributed by atoms with Crippen LogP contribution in [-0.4, -0.2) is 16.5 Å². The number of anilines is 1. The summed E-state index contributed by atoms with van der Waals surface area (Å²) in [6.45, 7) is 5.05. The van der Waals surface area contributed by atoms with E-state index in [-0.39, 0.29) is 5.28 Å². The van der Waals surface area contributed by atoms with Crippen LogP contribution in [0.25, 0.3) is 21.3 Å². The Bertz CT molecular complexity index is 812. The number of nitrogens with zero attached hydrogens (tertiary/aromatic N) is 2. The molecule has 0 unspecified atom stereocenters. The van der Waals surface area contributed by atoms with Crippen LogP contribution in [0.3, 0.4) is 0 Å². The van der Waals surface area contributed by atoms with Gasteiger partial charge < -0.3 is 5.32 Å². The van der Waals surface area contributed by atoms with Gasteiger partial charge in [0.15, 0.2) is 0 Å². The fourth-order valence-corrected chi connectivity index (χ4v) is 3.81. The summed E-state index contributed by atoms with van der Waals surface area (Å²) < 4.78 is 0. The molecule has 3 nitrogen and oxygen atoms in total. The molecule has 0 aliphatic heterocycles. The highest BCUT2D eigenvalue weighted by molar-refractivity contribution is 7.19. The maximum absolute atomic E-state index is 6.06. The Labute approximate surface area is 143 Å². The van der Waals surface area contributed by atoms with Crippen LogP contribution in [0.15, 0.2) is 24.3 Å². The molecule has 0 radical (unpaired) electrons. The molecule has 3 aromatic rings. The molecule has 2 aromatic heterocycles. The van der Waals surface area contributed by atoms with Gasteiger partial charge in [0.25, 0.3) is 0 Å². The SMILES string of the molecule is CCCNc1nc(Cl)nc2sc(C)c(-c3ccc(Cl)cc3)c12. The van der Waals surface area contributed by atoms with Crippen molar-refractivity contribution in [2.45, 2.75) is 20.3 Å². The zero-order valence-electron chi connectivity index (χ0n) is 12.3. The Morgan fingerprint density at radius 1 is 1.14 bits per heavy atom. The molecule has 0 amide bonds. The normalized spacial score (nSPS) is 11.1. The topological polar surface area (TPSA) is 37.8 Å². The van der Waals surface area contributed by atoms with Crippen LogP contribution in [0.4, 0.5) is 5.82 Å². The molecule has 2 heterocycles. The zero-order chi connectivity index (χ0) is 15.7. The maximum Gasteiger partial charge on any atom is 0.225 e. The lowest BCUT2D eigenvalue weighted by Crippen LogP contribution is -2.03. The van der Waals surface area contributed by atoms with E-state index in [1.807, 2.05) is 24.3 Å². The summed E-state index contributed by atoms with van der Waals surface area (Å²) in [5.74, 6) is 0.797. The molecule has 1 N–H and O–H groups in total. The van der Waals surface area contributed by atoms with Crippen molar-refractivity contribution < 1.29 is 0 Å². The Balaban J connectivity index is 2.24. The van der Waals surface area contributed by atoms with E-state index in [4.69, 9.17) is 23.2 Å². The van der Waals surface area contributed by atoms with Crippen molar-refractivity contribution >= 4 is 50.6 Å². The molecule has 1 aromatic carbocycles. The van der Waals surface area contributed by atoms with Crippen molar-refractivity contribution in [1.82, 2.24) is 9.97 Å². The Morgan fingerprint density at radius 3 is 2.55 bits per heavy atom. The lowest BCUT2D eigenvalue weighted by atomic mass is 10.0. The third-order valence-electron chi connectivity index (χ3n) is 3.38. The van der Waals surface area contributed by atoms with Gasteiger partial charge in [0.1, 0.15) is 10.6 Å². The summed E-state index contributed by atoms with van der Waals surface area (Å²) in [5.41, 5.74) is 2.26. The molecular formula is C16H15Cl2N3S. The van der Waals surface area contributed by atoms with E-state index in [0.717, 1.165) is 45.1 Å². The second-order valence-corrected chi connectivity index (χ2v) is 6.97. The largest absolute Gasteiger partial charge is 0.369 e. The third kappa shape index (κ3) is 2.91. The highest BCUT2D eigenvalue weighted by Crippen LogP contribution is 2.41. The van der Waals surface area contributed by atoms with Crippen molar-refractivity contribution in [3.05, 3.63) is 39.4 Å². The summed E-state index contributed by atoms with van der Waals surface area (Å²) in [5, 5.41) is 5.39. The van der Waals surface area contributed by atoms with E-state index in [1.54, 1.807) is 11.3 Å². The molecule has 0 saturated heterocycles. The van der Waals surface area contributed by atoms with Crippen molar-refractivity contribution in [3.8, 4) is 11.1 Å². The quantitative estimate of drug-likeness (QED) is 0.604. The van der Waals surface area contributed by atoms with Gasteiger partial charge in [-0.2, -0.15) is 0 Å². The summed E-state index contributed by atoms with van der Waals surface area (Å²) in [7, 11) is 0. The molecule has 0 atom stereocenters. The minimum absolute atomic E-state index is 0.273. The number of rotatable bonds is 4. The van der Waals surface area contributed by atoms with E-state index in [1.165, 1.54) is 4.88 Å². The molecule has 6 heteroatoms. The number of nitrogens with one attached hydrogen (secondary N) is 1. The first-order chi connectivity index (χ1) is 10.6. The van der Waals surface area contributed by atoms with E-state index in [2.05, 4.69) is 29.1 Å². The summed E-state index contributed by atoms with van der Waals surface area (Å²) in [4.78, 5) is 10.8. The van der Waals surface area contributed by atoms with E-state index in [9.17, 15) is 0 Å². The Hall–Kier alpha value is -1.36. The fraction of sp³-hybridized carbons (Fsp3) is 0.250. The Morgan fingerprint density at radius 2 is 1.86 bits per heavy atom. The zero-order valence-corrected chi connectivity index (χ0v) is 14.6. The first-order valence-corrected chi connectivity index (χ1v) is 8.64. The molecule has 0 saturated carbocycles. The van der Waals surface area contributed by atoms with Gasteiger partial charge in [0.2, 0.25) is 5.28 Å². The predicted octanol–water partition coefficient (Wildman–Crippen LogP) is 5.80. The van der Waals surface area contributed by atoms with E-state index < -0.39 is 0 Å². The van der Waals surface area contributed by atoms with Crippen LogP contribution in [-0.2, 0) is 0 Å². The number of hydrogen-bond acceptors (Lipinski definition) is 4. The molecule has 114 valence electrons. The van der Waals surface area contributed by atoms with Gasteiger partial charge in [-0.3, -0.25) is 0 Å². The minimum atomic E-state index is 0.273. The molecule has 0 spiro atoms. The standard InChI is InChI=1S/C16H15Cl2N3S/c1-3-8-19-14-13-12(10-4-6-11(17)7-5-10)9(2)22-15(13)21-16(18)20-14/h4-7H,3,8H2,1-2H3,(H,19,20,21). The minimum Gasteiger partial charge on any atom is -0.369 e. The van der Waals surface area contributed by atoms with Gasteiger partial charge in [-0.25, -0.2) is 9.97 Å². The molecule has 0 aliphatic rings. The van der Waals surface area contributed by atoms with E-state index >= 15 is 0 Å². The summed E-state index contributed by atoms with van der Waals surface area (Å²) >= 11 is 13.7. The van der Waals surface area contributed by atoms with Gasteiger partial charge in [-0.15, -0.1) is 11.3 Å². The second-order valence-electron chi connectivity index (χ2n) is 4.99. The maximum atomic E-state index is 6.06. The van der Waals surface area contributed by atoms with Crippen molar-refractivity contribution in [2.75, 3.05) is 11.9 Å². The van der Waals surface area contributed by atoms with Crippen LogP contribution in [0.2, 0.25) is 10.3 Å². The highest BCUT2D eigenvalue weighted by atomic mass is 35.5. The van der Waals surface area contributed by atoms with Crippen LogP contribution in [0.1, 0.15) is 18.2 Å². The van der Waals surface area contributed by atoms with Gasteiger partial charge in [-0.1, -0.05) is 30.7 Å². The average molecular weight is 352 g/mol. The molecule has 22 heavy (non-hydrogen) atoms. The molecule has 0 fully saturated rings. The van der Waals surface area contributed by atoms with E-state index in [0.29, 0.717) is 0 Å². The van der Waals surface area contributed by atoms with Crippen molar-refractivity contribution in [3.63, 3.8) is 0 Å². The van der Waals surface area contributed by atoms with Crippen LogP contribution < -0.4 is 5.32 Å². The molecule has 0 aliphatic carbocycles. The molecule has 3 rings (SSSR count). The van der Waals surface area contributed by atoms with Crippen molar-refractivity contribution in [2.24, 2.45) is 0 Å². The third-order valence-corrected chi connectivity index (χ3v) is 4.80. The predicted molar refractivity (Wildman–Crippen MR) is 96.4 cm³/mol. The van der Waals surface area contributed by atoms with Crippen LogP contribution in [0, 0.1) is 6.92 Å². The number of aryl methyl sites for hydroxylation is 1. The van der Waals surface area contributed by atoms with Gasteiger partial charge >= 0.3 is 0 Å². The lowest BCUT2D eigenvalue weighted by molar-refractivity contribution is 0.970. The smallest absolute Gasteiger partial charge is 0.225 e. The number of thiophene rings is 1. The highest BCUT2D eigenvalue weighted by Gasteiger charge is 2.17. The van der Waals surface area contributed by atoms with Crippen molar-refractivity contribution in [1.29, 1.82) is 0 Å². The number of benzene rings is 1. The monoisotopic (exact) mass is 351 g/mol. The van der Waals surface area contributed by atoms with Gasteiger partial charge in [0, 0.05) is 22.0 Å². The molecule has 0 bridgehead atoms. The number of halogens is 2. The Kier molecular flexibility index (Phi) is 4.52. The van der Waals surface area contributed by atoms with Crippen LogP contribution in [0.5, 0.6) is 0 Å². The second kappa shape index (κ2) is 6.41. The average Bonchev–Trinajstić information content (AvgIpc) is 2.81. The first-order valence-electron chi connectivity index (χ1n) is 7.06. The molecular weight excluding hydrogens is 337 g/mol. The number of hydrogen-bond donors (Lipinski definition) is 1.